The average Bonchev–Trinajstić information content (AvgIpc) is 3.34. The third kappa shape index (κ3) is 6.06. The van der Waals surface area contributed by atoms with Crippen LogP contribution in [0.25, 0.3) is 5.57 Å². The minimum atomic E-state index is -0.745. The molecule has 10 heteroatoms. The fraction of sp³-hybridized carbons (Fsp3) is 0.147. The molecule has 1 saturated heterocycles. The molecule has 0 bridgehead atoms. The number of fused-ring (bicyclic) bond motifs is 1. The Bertz CT molecular complexity index is 1780. The van der Waals surface area contributed by atoms with Crippen molar-refractivity contribution in [2.75, 3.05) is 54.1 Å². The summed E-state index contributed by atoms with van der Waals surface area (Å²) in [5.74, 6) is -2.05. The van der Waals surface area contributed by atoms with E-state index in [1.54, 1.807) is 42.6 Å². The normalized spacial score (nSPS) is 15.6. The Morgan fingerprint density at radius 1 is 0.886 bits per heavy atom. The second-order valence-electron chi connectivity index (χ2n) is 10.7. The maximum absolute atomic E-state index is 14.2. The van der Waals surface area contributed by atoms with Gasteiger partial charge in [0.1, 0.15) is 5.82 Å². The van der Waals surface area contributed by atoms with E-state index in [2.05, 4.69) is 44.9 Å². The van der Waals surface area contributed by atoms with E-state index in [-0.39, 0.29) is 22.3 Å². The first-order chi connectivity index (χ1) is 21.3. The van der Waals surface area contributed by atoms with Gasteiger partial charge in [-0.3, -0.25) is 14.4 Å². The zero-order valence-corrected chi connectivity index (χ0v) is 24.6. The van der Waals surface area contributed by atoms with Crippen LogP contribution in [0, 0.1) is 5.82 Å². The van der Waals surface area contributed by atoms with Crippen LogP contribution in [0.15, 0.2) is 91.1 Å². The fourth-order valence-corrected chi connectivity index (χ4v) is 5.53. The molecule has 0 spiro atoms. The van der Waals surface area contributed by atoms with Crippen LogP contribution in [0.4, 0.5) is 27.1 Å². The van der Waals surface area contributed by atoms with Gasteiger partial charge in [0.25, 0.3) is 11.8 Å². The molecule has 2 aliphatic heterocycles. The lowest BCUT2D eigenvalue weighted by Gasteiger charge is -2.34. The van der Waals surface area contributed by atoms with E-state index in [0.29, 0.717) is 33.6 Å². The number of piperazine rings is 1. The lowest BCUT2D eigenvalue weighted by molar-refractivity contribution is -0.110. The molecule has 1 fully saturated rings. The van der Waals surface area contributed by atoms with E-state index in [1.807, 2.05) is 12.1 Å². The molecule has 0 saturated carbocycles. The van der Waals surface area contributed by atoms with Gasteiger partial charge in [0.2, 0.25) is 0 Å². The van der Waals surface area contributed by atoms with Crippen molar-refractivity contribution in [3.05, 3.63) is 124 Å². The highest BCUT2D eigenvalue weighted by molar-refractivity contribution is 6.34. The minimum Gasteiger partial charge on any atom is -0.369 e. The van der Waals surface area contributed by atoms with Gasteiger partial charge in [-0.15, -0.1) is 0 Å². The van der Waals surface area contributed by atoms with E-state index in [4.69, 9.17) is 11.6 Å². The van der Waals surface area contributed by atoms with Crippen LogP contribution < -0.4 is 20.9 Å². The number of nitrogens with zero attached hydrogens (tertiary/aromatic N) is 2. The van der Waals surface area contributed by atoms with Crippen molar-refractivity contribution in [2.45, 2.75) is 0 Å². The predicted octanol–water partition coefficient (Wildman–Crippen LogP) is 6.12. The van der Waals surface area contributed by atoms with Crippen molar-refractivity contribution in [3.8, 4) is 0 Å². The van der Waals surface area contributed by atoms with Crippen molar-refractivity contribution in [1.82, 2.24) is 4.90 Å². The van der Waals surface area contributed by atoms with Crippen LogP contribution in [-0.4, -0.2) is 55.7 Å². The Morgan fingerprint density at radius 2 is 1.61 bits per heavy atom. The summed E-state index contributed by atoms with van der Waals surface area (Å²) < 4.78 is 14.2. The summed E-state index contributed by atoms with van der Waals surface area (Å²) in [6.07, 6.45) is 1.67. The molecule has 2 aliphatic rings. The molecular weight excluding hydrogens is 581 g/mol. The Morgan fingerprint density at radius 3 is 2.36 bits per heavy atom. The van der Waals surface area contributed by atoms with Gasteiger partial charge >= 0.3 is 0 Å². The second-order valence-corrected chi connectivity index (χ2v) is 11.1. The summed E-state index contributed by atoms with van der Waals surface area (Å²) in [6, 6.07) is 23.5. The average molecular weight is 610 g/mol. The largest absolute Gasteiger partial charge is 0.369 e. The molecule has 44 heavy (non-hydrogen) atoms. The van der Waals surface area contributed by atoms with Crippen LogP contribution in [0.2, 0.25) is 5.02 Å². The van der Waals surface area contributed by atoms with Gasteiger partial charge in [-0.05, 0) is 61.6 Å². The van der Waals surface area contributed by atoms with E-state index >= 15 is 0 Å². The highest BCUT2D eigenvalue weighted by Crippen LogP contribution is 2.33. The van der Waals surface area contributed by atoms with Crippen LogP contribution in [0.5, 0.6) is 0 Å². The summed E-state index contributed by atoms with van der Waals surface area (Å²) >= 11 is 6.01. The molecule has 0 radical (unpaired) electrons. The molecule has 0 aliphatic carbocycles. The van der Waals surface area contributed by atoms with Gasteiger partial charge in [-0.25, -0.2) is 4.39 Å². The first-order valence-electron chi connectivity index (χ1n) is 14.1. The first kappa shape index (κ1) is 29.1. The van der Waals surface area contributed by atoms with Crippen LogP contribution >= 0.6 is 11.6 Å². The van der Waals surface area contributed by atoms with Crippen LogP contribution in [0.1, 0.15) is 31.8 Å². The van der Waals surface area contributed by atoms with E-state index in [1.165, 1.54) is 23.9 Å². The Balaban J connectivity index is 1.14. The quantitative estimate of drug-likeness (QED) is 0.173. The first-order valence-corrected chi connectivity index (χ1v) is 14.5. The molecule has 8 nitrogen and oxygen atoms in total. The van der Waals surface area contributed by atoms with Crippen LogP contribution in [0.3, 0.4) is 0 Å². The number of nitrogens with one attached hydrogen (secondary N) is 3. The third-order valence-corrected chi connectivity index (χ3v) is 8.07. The van der Waals surface area contributed by atoms with Crippen molar-refractivity contribution in [2.24, 2.45) is 0 Å². The third-order valence-electron chi connectivity index (χ3n) is 7.76. The maximum atomic E-state index is 14.2. The van der Waals surface area contributed by atoms with Gasteiger partial charge in [0.05, 0.1) is 16.2 Å². The number of halogens is 2. The number of amides is 2. The summed E-state index contributed by atoms with van der Waals surface area (Å²) in [7, 11) is 2.13. The molecule has 2 heterocycles. The van der Waals surface area contributed by atoms with Gasteiger partial charge in [-0.2, -0.15) is 0 Å². The van der Waals surface area contributed by atoms with Gasteiger partial charge in [0, 0.05) is 71.8 Å². The molecular formula is C34H29ClFN5O3. The van der Waals surface area contributed by atoms with E-state index in [0.717, 1.165) is 37.9 Å². The number of likely N-dealkylation sites (N-methyl/N-ethyl adjacent to an activating group) is 1. The molecule has 4 aromatic rings. The molecule has 4 aromatic carbocycles. The number of hydrogen-bond donors (Lipinski definition) is 3. The standard InChI is InChI=1S/C34H29ClFN5O3/c1-40-14-16-41(17-15-40)25-11-9-23(10-12-25)37-20-27-26-13-8-22(19-30(26)39-33(27)43)32(42)21-4-2-5-24(18-21)38-34(44)31-28(35)6-3-7-29(31)36/h2-13,18-20,37H,14-17H2,1H3,(H,38,44)(H,39,43)/b27-20+. The SMILES string of the molecule is CN1CCN(c2ccc(N/C=C3/C(=O)Nc4cc(C(=O)c5cccc(NC(=O)c6c(F)cccc6Cl)c5)ccc43)cc2)CC1. The molecule has 222 valence electrons. The Labute approximate surface area is 259 Å². The molecule has 3 N–H and O–H groups in total. The van der Waals surface area contributed by atoms with Crippen molar-refractivity contribution in [3.63, 3.8) is 0 Å². The summed E-state index contributed by atoms with van der Waals surface area (Å²) in [5, 5.41) is 8.63. The molecule has 0 atom stereocenters. The number of ketones is 1. The van der Waals surface area contributed by atoms with E-state index < -0.39 is 11.7 Å². The second kappa shape index (κ2) is 12.3. The minimum absolute atomic E-state index is 0.0161. The zero-order valence-electron chi connectivity index (χ0n) is 23.9. The summed E-state index contributed by atoms with van der Waals surface area (Å²) in [4.78, 5) is 43.5. The lowest BCUT2D eigenvalue weighted by atomic mass is 9.99. The smallest absolute Gasteiger partial charge is 0.260 e. The van der Waals surface area contributed by atoms with Gasteiger partial charge < -0.3 is 25.8 Å². The van der Waals surface area contributed by atoms with Crippen molar-refractivity contribution in [1.29, 1.82) is 0 Å². The predicted molar refractivity (Wildman–Crippen MR) is 172 cm³/mol. The molecule has 0 aromatic heterocycles. The number of anilines is 4. The number of carbonyl (C=O) groups excluding carboxylic acids is 3. The monoisotopic (exact) mass is 609 g/mol. The van der Waals surface area contributed by atoms with Crippen LogP contribution in [-0.2, 0) is 4.79 Å². The Hall–Kier alpha value is -4.99. The molecule has 2 amide bonds. The summed E-state index contributed by atoms with van der Waals surface area (Å²) in [5.41, 5.74) is 4.38. The number of carbonyl (C=O) groups is 3. The van der Waals surface area contributed by atoms with Gasteiger partial charge in [-0.1, -0.05) is 41.9 Å². The van der Waals surface area contributed by atoms with Crippen molar-refractivity contribution < 1.29 is 18.8 Å². The van der Waals surface area contributed by atoms with Crippen molar-refractivity contribution >= 4 is 57.5 Å². The summed E-state index contributed by atoms with van der Waals surface area (Å²) in [6.45, 7) is 4.04. The van der Waals surface area contributed by atoms with Gasteiger partial charge in [0.15, 0.2) is 5.78 Å². The maximum Gasteiger partial charge on any atom is 0.260 e. The fourth-order valence-electron chi connectivity index (χ4n) is 5.28. The Kier molecular flexibility index (Phi) is 8.15. The number of hydrogen-bond acceptors (Lipinski definition) is 6. The molecule has 6 rings (SSSR count). The lowest BCUT2D eigenvalue weighted by Crippen LogP contribution is -2.44. The zero-order chi connectivity index (χ0) is 30.8. The highest BCUT2D eigenvalue weighted by atomic mass is 35.5. The van der Waals surface area contributed by atoms with E-state index in [9.17, 15) is 18.8 Å². The number of rotatable bonds is 7. The topological polar surface area (TPSA) is 93.8 Å². The highest BCUT2D eigenvalue weighted by Gasteiger charge is 2.26. The molecule has 0 unspecified atom stereocenters. The number of benzene rings is 4.